The first-order valence-corrected chi connectivity index (χ1v) is 9.89. The smallest absolute Gasteiger partial charge is 0.439 e. The van der Waals surface area contributed by atoms with E-state index in [0.29, 0.717) is 23.6 Å². The van der Waals surface area contributed by atoms with Gasteiger partial charge in [-0.3, -0.25) is 0 Å². The van der Waals surface area contributed by atoms with Crippen molar-refractivity contribution in [3.05, 3.63) is 47.0 Å². The molecular formula is C19H18F3N3O3S. The number of esters is 1. The number of fused-ring (bicyclic) bond motifs is 1. The normalized spacial score (nSPS) is 26.8. The minimum atomic E-state index is -4.97. The molecule has 0 bridgehead atoms. The fourth-order valence-corrected chi connectivity index (χ4v) is 4.79. The molecular weight excluding hydrogens is 407 g/mol. The Labute approximate surface area is 168 Å². The monoisotopic (exact) mass is 425 g/mol. The van der Waals surface area contributed by atoms with E-state index in [1.54, 1.807) is 0 Å². The summed E-state index contributed by atoms with van der Waals surface area (Å²) in [6, 6.07) is 9.31. The second-order valence-corrected chi connectivity index (χ2v) is 7.91. The SMILES string of the molecule is COC(=O)c1csc(N2N=C3CC[C@H](c4ccccc4)C[C@@H]3[C@@]2(O)C(F)(F)F)n1. The lowest BCUT2D eigenvalue weighted by Gasteiger charge is -2.39. The second kappa shape index (κ2) is 7.10. The number of alkyl halides is 3. The highest BCUT2D eigenvalue weighted by Gasteiger charge is 2.68. The van der Waals surface area contributed by atoms with Crippen molar-refractivity contribution in [2.45, 2.75) is 37.1 Å². The molecule has 10 heteroatoms. The number of anilines is 1. The van der Waals surface area contributed by atoms with E-state index in [-0.39, 0.29) is 23.2 Å². The molecule has 2 aliphatic rings. The van der Waals surface area contributed by atoms with Gasteiger partial charge in [-0.2, -0.15) is 23.3 Å². The molecule has 2 aromatic rings. The van der Waals surface area contributed by atoms with E-state index in [9.17, 15) is 23.1 Å². The number of nitrogens with zero attached hydrogens (tertiary/aromatic N) is 3. The molecule has 0 amide bonds. The van der Waals surface area contributed by atoms with Crippen molar-refractivity contribution in [3.8, 4) is 0 Å². The molecule has 1 saturated carbocycles. The predicted octanol–water partition coefficient (Wildman–Crippen LogP) is 3.94. The molecule has 0 radical (unpaired) electrons. The standard InChI is InChI=1S/C19H18F3N3O3S/c1-28-16(26)15-10-29-17(23-15)25-18(27,19(20,21)22)13-9-12(7-8-14(13)24-25)11-5-3-2-4-6-11/h2-6,10,12-13,27H,7-9H2,1H3/t12-,13-,18+/m0/s1. The summed E-state index contributed by atoms with van der Waals surface area (Å²) in [5.41, 5.74) is -2.11. The summed E-state index contributed by atoms with van der Waals surface area (Å²) in [5, 5.41) is 16.6. The van der Waals surface area contributed by atoms with Crippen molar-refractivity contribution in [3.63, 3.8) is 0 Å². The Bertz CT molecular complexity index is 947. The van der Waals surface area contributed by atoms with Crippen molar-refractivity contribution in [1.29, 1.82) is 0 Å². The van der Waals surface area contributed by atoms with Crippen molar-refractivity contribution < 1.29 is 27.8 Å². The van der Waals surface area contributed by atoms with E-state index in [1.165, 1.54) is 5.38 Å². The van der Waals surface area contributed by atoms with Crippen molar-refractivity contribution >= 4 is 28.1 Å². The molecule has 2 heterocycles. The second-order valence-electron chi connectivity index (χ2n) is 7.07. The third-order valence-electron chi connectivity index (χ3n) is 5.46. The molecule has 154 valence electrons. The van der Waals surface area contributed by atoms with Crippen LogP contribution >= 0.6 is 11.3 Å². The van der Waals surface area contributed by atoms with Gasteiger partial charge in [-0.1, -0.05) is 30.3 Å². The number of rotatable bonds is 3. The number of carbonyl (C=O) groups excluding carboxylic acids is 1. The van der Waals surface area contributed by atoms with Crippen LogP contribution in [0.4, 0.5) is 18.3 Å². The number of benzene rings is 1. The van der Waals surface area contributed by atoms with Gasteiger partial charge in [-0.25, -0.2) is 9.78 Å². The Morgan fingerprint density at radius 2 is 2.07 bits per heavy atom. The molecule has 29 heavy (non-hydrogen) atoms. The van der Waals surface area contributed by atoms with Gasteiger partial charge in [0.2, 0.25) is 5.13 Å². The molecule has 1 fully saturated rings. The highest BCUT2D eigenvalue weighted by molar-refractivity contribution is 7.14. The number of halogens is 3. The van der Waals surface area contributed by atoms with Gasteiger partial charge >= 0.3 is 12.1 Å². The van der Waals surface area contributed by atoms with E-state index in [1.807, 2.05) is 30.3 Å². The fraction of sp³-hybridized carbons (Fsp3) is 0.421. The third-order valence-corrected chi connectivity index (χ3v) is 6.28. The van der Waals surface area contributed by atoms with Crippen molar-refractivity contribution in [1.82, 2.24) is 4.98 Å². The van der Waals surface area contributed by atoms with Gasteiger partial charge in [0.25, 0.3) is 5.72 Å². The quantitative estimate of drug-likeness (QED) is 0.754. The zero-order chi connectivity index (χ0) is 20.8. The molecule has 1 aromatic heterocycles. The number of hydrogen-bond acceptors (Lipinski definition) is 7. The minimum absolute atomic E-state index is 0.115. The van der Waals surface area contributed by atoms with E-state index in [2.05, 4.69) is 14.8 Å². The van der Waals surface area contributed by atoms with Gasteiger partial charge in [0.1, 0.15) is 0 Å². The highest BCUT2D eigenvalue weighted by atomic mass is 32.1. The third kappa shape index (κ3) is 3.20. The minimum Gasteiger partial charge on any atom is -0.464 e. The van der Waals surface area contributed by atoms with Gasteiger partial charge < -0.3 is 9.84 Å². The maximum atomic E-state index is 14.1. The average Bonchev–Trinajstić information content (AvgIpc) is 3.31. The largest absolute Gasteiger partial charge is 0.464 e. The zero-order valence-corrected chi connectivity index (χ0v) is 16.2. The molecule has 1 aliphatic carbocycles. The first-order valence-electron chi connectivity index (χ1n) is 9.01. The zero-order valence-electron chi connectivity index (χ0n) is 15.4. The van der Waals surface area contributed by atoms with Crippen LogP contribution in [0.3, 0.4) is 0 Å². The lowest BCUT2D eigenvalue weighted by Crippen LogP contribution is -2.60. The Hall–Kier alpha value is -2.46. The lowest BCUT2D eigenvalue weighted by molar-refractivity contribution is -0.269. The number of thiazole rings is 1. The molecule has 4 rings (SSSR count). The Balaban J connectivity index is 1.70. The fourth-order valence-electron chi connectivity index (χ4n) is 4.00. The summed E-state index contributed by atoms with van der Waals surface area (Å²) < 4.78 is 47.0. The van der Waals surface area contributed by atoms with Crippen LogP contribution in [-0.4, -0.2) is 40.8 Å². The van der Waals surface area contributed by atoms with Crippen LogP contribution in [0, 0.1) is 5.92 Å². The van der Waals surface area contributed by atoms with Crippen LogP contribution in [-0.2, 0) is 4.74 Å². The molecule has 6 nitrogen and oxygen atoms in total. The summed E-state index contributed by atoms with van der Waals surface area (Å²) in [4.78, 5) is 15.5. The van der Waals surface area contributed by atoms with Gasteiger partial charge in [0, 0.05) is 11.1 Å². The van der Waals surface area contributed by atoms with Crippen LogP contribution in [0.5, 0.6) is 0 Å². The van der Waals surface area contributed by atoms with Crippen LogP contribution in [0.1, 0.15) is 41.2 Å². The van der Waals surface area contributed by atoms with Gasteiger partial charge in [-0.05, 0) is 30.7 Å². The highest BCUT2D eigenvalue weighted by Crippen LogP contribution is 2.52. The van der Waals surface area contributed by atoms with Gasteiger partial charge in [0.15, 0.2) is 5.69 Å². The number of carbonyl (C=O) groups is 1. The number of aromatic nitrogens is 1. The molecule has 3 atom stereocenters. The first-order chi connectivity index (χ1) is 13.8. The van der Waals surface area contributed by atoms with Crippen molar-refractivity contribution in [2.24, 2.45) is 11.0 Å². The van der Waals surface area contributed by atoms with Gasteiger partial charge in [-0.15, -0.1) is 11.3 Å². The molecule has 0 unspecified atom stereocenters. The van der Waals surface area contributed by atoms with E-state index < -0.39 is 23.8 Å². The van der Waals surface area contributed by atoms with E-state index in [4.69, 9.17) is 0 Å². The Kier molecular flexibility index (Phi) is 4.86. The summed E-state index contributed by atoms with van der Waals surface area (Å²) in [7, 11) is 1.15. The summed E-state index contributed by atoms with van der Waals surface area (Å²) in [6.07, 6.45) is -3.87. The Morgan fingerprint density at radius 3 is 2.72 bits per heavy atom. The maximum Gasteiger partial charge on any atom is 0.439 e. The molecule has 0 saturated heterocycles. The summed E-state index contributed by atoms with van der Waals surface area (Å²) >= 11 is 0.798. The van der Waals surface area contributed by atoms with Gasteiger partial charge in [0.05, 0.1) is 13.0 Å². The number of methoxy groups -OCH3 is 1. The maximum absolute atomic E-state index is 14.1. The van der Waals surface area contributed by atoms with Crippen LogP contribution in [0.2, 0.25) is 0 Å². The number of ether oxygens (including phenoxy) is 1. The summed E-state index contributed by atoms with van der Waals surface area (Å²) in [6.45, 7) is 0. The Morgan fingerprint density at radius 1 is 1.34 bits per heavy atom. The van der Waals surface area contributed by atoms with Crippen LogP contribution in [0.15, 0.2) is 40.8 Å². The number of aliphatic hydroxyl groups is 1. The molecule has 0 spiro atoms. The van der Waals surface area contributed by atoms with E-state index in [0.717, 1.165) is 24.0 Å². The number of hydrazone groups is 1. The topological polar surface area (TPSA) is 75.0 Å². The number of hydrogen-bond donors (Lipinski definition) is 1. The van der Waals surface area contributed by atoms with Crippen LogP contribution < -0.4 is 5.01 Å². The molecule has 1 aliphatic heterocycles. The summed E-state index contributed by atoms with van der Waals surface area (Å²) in [5.74, 6) is -2.10. The molecule has 1 N–H and O–H groups in total. The van der Waals surface area contributed by atoms with E-state index >= 15 is 0 Å². The molecule has 1 aromatic carbocycles. The average molecular weight is 425 g/mol. The van der Waals surface area contributed by atoms with Crippen LogP contribution in [0.25, 0.3) is 0 Å². The lowest BCUT2D eigenvalue weighted by atomic mass is 9.73. The van der Waals surface area contributed by atoms with Crippen molar-refractivity contribution in [2.75, 3.05) is 12.1 Å². The first kappa shape index (κ1) is 19.8. The predicted molar refractivity (Wildman–Crippen MR) is 101 cm³/mol.